The number of nitrogens with zero attached hydrogens (tertiary/aromatic N) is 1. The molecule has 1 heterocycles. The fraction of sp³-hybridized carbons (Fsp3) is 0.600. The zero-order chi connectivity index (χ0) is 20.0. The van der Waals surface area contributed by atoms with Crippen molar-refractivity contribution in [3.63, 3.8) is 0 Å². The Hall–Kier alpha value is -2.28. The van der Waals surface area contributed by atoms with Crippen molar-refractivity contribution >= 4 is 11.9 Å². The summed E-state index contributed by atoms with van der Waals surface area (Å²) in [7, 11) is 3.13. The predicted molar refractivity (Wildman–Crippen MR) is 100 cm³/mol. The molecule has 0 aromatic heterocycles. The van der Waals surface area contributed by atoms with Crippen LogP contribution >= 0.6 is 0 Å². The minimum atomic E-state index is -0.933. The largest absolute Gasteiger partial charge is 0.497 e. The molecule has 1 N–H and O–H groups in total. The van der Waals surface area contributed by atoms with Crippen LogP contribution in [0.15, 0.2) is 18.2 Å². The summed E-state index contributed by atoms with van der Waals surface area (Å²) in [4.78, 5) is 25.9. The van der Waals surface area contributed by atoms with Gasteiger partial charge < -0.3 is 24.2 Å². The van der Waals surface area contributed by atoms with Crippen LogP contribution in [0.5, 0.6) is 11.5 Å². The Balaban J connectivity index is 2.25. The number of carboxylic acids is 1. The second-order valence-electron chi connectivity index (χ2n) is 7.20. The van der Waals surface area contributed by atoms with E-state index in [2.05, 4.69) is 13.8 Å². The van der Waals surface area contributed by atoms with Gasteiger partial charge in [0.2, 0.25) is 0 Å². The van der Waals surface area contributed by atoms with Gasteiger partial charge in [0.15, 0.2) is 0 Å². The highest BCUT2D eigenvalue weighted by Gasteiger charge is 2.37. The number of amides is 1. The highest BCUT2D eigenvalue weighted by molar-refractivity contribution is 5.97. The summed E-state index contributed by atoms with van der Waals surface area (Å²) in [6.45, 7) is 5.06. The minimum Gasteiger partial charge on any atom is -0.497 e. The van der Waals surface area contributed by atoms with Crippen molar-refractivity contribution in [2.24, 2.45) is 5.92 Å². The van der Waals surface area contributed by atoms with E-state index in [9.17, 15) is 14.7 Å². The number of hydrogen-bond acceptors (Lipinski definition) is 5. The van der Waals surface area contributed by atoms with Gasteiger partial charge in [-0.25, -0.2) is 0 Å². The molecule has 27 heavy (non-hydrogen) atoms. The third kappa shape index (κ3) is 5.60. The second kappa shape index (κ2) is 9.60. The van der Waals surface area contributed by atoms with E-state index in [1.54, 1.807) is 37.3 Å². The number of rotatable bonds is 9. The van der Waals surface area contributed by atoms with E-state index >= 15 is 0 Å². The zero-order valence-corrected chi connectivity index (χ0v) is 16.4. The molecule has 2 atom stereocenters. The van der Waals surface area contributed by atoms with E-state index in [-0.39, 0.29) is 18.4 Å². The Labute approximate surface area is 160 Å². The molecule has 1 aliphatic rings. The van der Waals surface area contributed by atoms with Gasteiger partial charge in [0, 0.05) is 25.8 Å². The highest BCUT2D eigenvalue weighted by atomic mass is 16.5. The molecule has 0 aliphatic carbocycles. The SMILES string of the molecule is COc1ccc(C(=O)N2CC(OC)CC2CC(=O)O)c(OCCC(C)C)c1. The van der Waals surface area contributed by atoms with Gasteiger partial charge in [-0.2, -0.15) is 0 Å². The van der Waals surface area contributed by atoms with Crippen LogP contribution in [0.25, 0.3) is 0 Å². The van der Waals surface area contributed by atoms with Crippen molar-refractivity contribution in [2.45, 2.75) is 45.3 Å². The fourth-order valence-corrected chi connectivity index (χ4v) is 3.17. The minimum absolute atomic E-state index is 0.106. The summed E-state index contributed by atoms with van der Waals surface area (Å²) in [5.74, 6) is 0.357. The molecule has 0 bridgehead atoms. The van der Waals surface area contributed by atoms with E-state index in [4.69, 9.17) is 14.2 Å². The number of aliphatic carboxylic acids is 1. The molecule has 7 heteroatoms. The monoisotopic (exact) mass is 379 g/mol. The van der Waals surface area contributed by atoms with Crippen LogP contribution in [0, 0.1) is 5.92 Å². The van der Waals surface area contributed by atoms with Crippen LogP contribution < -0.4 is 9.47 Å². The van der Waals surface area contributed by atoms with Gasteiger partial charge in [-0.3, -0.25) is 9.59 Å². The van der Waals surface area contributed by atoms with E-state index in [0.717, 1.165) is 6.42 Å². The van der Waals surface area contributed by atoms with Gasteiger partial charge in [0.1, 0.15) is 11.5 Å². The first-order chi connectivity index (χ1) is 12.8. The van der Waals surface area contributed by atoms with Gasteiger partial charge in [-0.1, -0.05) is 13.8 Å². The molecule has 0 radical (unpaired) electrons. The van der Waals surface area contributed by atoms with Crippen molar-refractivity contribution in [2.75, 3.05) is 27.4 Å². The van der Waals surface area contributed by atoms with Gasteiger partial charge in [0.25, 0.3) is 5.91 Å². The number of hydrogen-bond donors (Lipinski definition) is 1. The lowest BCUT2D eigenvalue weighted by Gasteiger charge is -2.24. The standard InChI is InChI=1S/C20H29NO6/c1-13(2)7-8-27-18-11-15(25-3)5-6-17(18)20(24)21-12-16(26-4)9-14(21)10-19(22)23/h5-6,11,13-14,16H,7-10,12H2,1-4H3,(H,22,23). The number of ether oxygens (including phenoxy) is 3. The maximum Gasteiger partial charge on any atom is 0.305 e. The Morgan fingerprint density at radius 1 is 1.30 bits per heavy atom. The Morgan fingerprint density at radius 2 is 2.04 bits per heavy atom. The second-order valence-corrected chi connectivity index (χ2v) is 7.20. The smallest absolute Gasteiger partial charge is 0.305 e. The van der Waals surface area contributed by atoms with Crippen molar-refractivity contribution in [3.8, 4) is 11.5 Å². The van der Waals surface area contributed by atoms with Crippen molar-refractivity contribution < 1.29 is 28.9 Å². The Kier molecular flexibility index (Phi) is 7.47. The van der Waals surface area contributed by atoms with E-state index in [0.29, 0.717) is 42.6 Å². The van der Waals surface area contributed by atoms with Crippen molar-refractivity contribution in [1.82, 2.24) is 4.90 Å². The van der Waals surface area contributed by atoms with Crippen LogP contribution in [0.1, 0.15) is 43.5 Å². The van der Waals surface area contributed by atoms with Crippen molar-refractivity contribution in [3.05, 3.63) is 23.8 Å². The van der Waals surface area contributed by atoms with E-state index < -0.39 is 12.0 Å². The lowest BCUT2D eigenvalue weighted by molar-refractivity contribution is -0.137. The third-order valence-electron chi connectivity index (χ3n) is 4.75. The molecule has 1 aromatic carbocycles. The number of methoxy groups -OCH3 is 2. The molecule has 1 saturated heterocycles. The molecule has 1 aromatic rings. The maximum absolute atomic E-state index is 13.2. The summed E-state index contributed by atoms with van der Waals surface area (Å²) in [6, 6.07) is 4.68. The topological polar surface area (TPSA) is 85.3 Å². The molecule has 150 valence electrons. The van der Waals surface area contributed by atoms with Crippen LogP contribution in [-0.2, 0) is 9.53 Å². The van der Waals surface area contributed by atoms with Gasteiger partial charge in [0.05, 0.1) is 31.8 Å². The number of carbonyl (C=O) groups excluding carboxylic acids is 1. The number of benzene rings is 1. The quantitative estimate of drug-likeness (QED) is 0.710. The first-order valence-electron chi connectivity index (χ1n) is 9.22. The van der Waals surface area contributed by atoms with Crippen LogP contribution in [0.4, 0.5) is 0 Å². The number of carboxylic acid groups (broad SMARTS) is 1. The summed E-state index contributed by atoms with van der Waals surface area (Å²) >= 11 is 0. The summed E-state index contributed by atoms with van der Waals surface area (Å²) in [6.07, 6.45) is 1.10. The molecule has 1 fully saturated rings. The Bertz CT molecular complexity index is 660. The average Bonchev–Trinajstić information content (AvgIpc) is 3.03. The number of likely N-dealkylation sites (tertiary alicyclic amines) is 1. The van der Waals surface area contributed by atoms with E-state index in [1.165, 1.54) is 0 Å². The van der Waals surface area contributed by atoms with Crippen molar-refractivity contribution in [1.29, 1.82) is 0 Å². The molecule has 0 spiro atoms. The molecule has 2 rings (SSSR count). The molecule has 0 saturated carbocycles. The fourth-order valence-electron chi connectivity index (χ4n) is 3.17. The molecular weight excluding hydrogens is 350 g/mol. The maximum atomic E-state index is 13.2. The first-order valence-corrected chi connectivity index (χ1v) is 9.22. The first kappa shape index (κ1) is 21.0. The van der Waals surface area contributed by atoms with Gasteiger partial charge >= 0.3 is 5.97 Å². The molecule has 7 nitrogen and oxygen atoms in total. The third-order valence-corrected chi connectivity index (χ3v) is 4.75. The van der Waals surface area contributed by atoms with Gasteiger partial charge in [-0.05, 0) is 30.9 Å². The zero-order valence-electron chi connectivity index (χ0n) is 16.4. The molecular formula is C20H29NO6. The van der Waals surface area contributed by atoms with Crippen LogP contribution in [-0.4, -0.2) is 61.4 Å². The molecule has 2 unspecified atom stereocenters. The molecule has 1 amide bonds. The Morgan fingerprint density at radius 3 is 2.63 bits per heavy atom. The van der Waals surface area contributed by atoms with E-state index in [1.807, 2.05) is 0 Å². The summed E-state index contributed by atoms with van der Waals surface area (Å²) in [5.41, 5.74) is 0.409. The van der Waals surface area contributed by atoms with Crippen LogP contribution in [0.3, 0.4) is 0 Å². The lowest BCUT2D eigenvalue weighted by Crippen LogP contribution is -2.37. The average molecular weight is 379 g/mol. The van der Waals surface area contributed by atoms with Gasteiger partial charge in [-0.15, -0.1) is 0 Å². The summed E-state index contributed by atoms with van der Waals surface area (Å²) < 4.78 is 16.5. The lowest BCUT2D eigenvalue weighted by atomic mass is 10.1. The summed E-state index contributed by atoms with van der Waals surface area (Å²) in [5, 5.41) is 9.17. The molecule has 1 aliphatic heterocycles. The number of carbonyl (C=O) groups is 2. The highest BCUT2D eigenvalue weighted by Crippen LogP contribution is 2.30. The predicted octanol–water partition coefficient (Wildman–Crippen LogP) is 2.82. The van der Waals surface area contributed by atoms with Crippen LogP contribution in [0.2, 0.25) is 0 Å². The normalized spacial score (nSPS) is 19.4.